The number of nitrogens with zero attached hydrogens (tertiary/aromatic N) is 4. The first-order valence-corrected chi connectivity index (χ1v) is 11.6. The fourth-order valence-corrected chi connectivity index (χ4v) is 4.48. The third-order valence-corrected chi connectivity index (χ3v) is 6.88. The molecule has 2 rings (SSSR count). The summed E-state index contributed by atoms with van der Waals surface area (Å²) >= 11 is 0. The Labute approximate surface area is 164 Å². The maximum atomic E-state index is 12.0. The van der Waals surface area contributed by atoms with Crippen molar-refractivity contribution in [2.75, 3.05) is 52.9 Å². The zero-order valence-corrected chi connectivity index (χ0v) is 17.8. The van der Waals surface area contributed by atoms with E-state index in [0.29, 0.717) is 13.1 Å². The topological polar surface area (TPSA) is 133 Å². The average Bonchev–Trinajstić information content (AvgIpc) is 2.50. The molecule has 28 heavy (non-hydrogen) atoms. The lowest BCUT2D eigenvalue weighted by molar-refractivity contribution is -0.148. The molecule has 15 heteroatoms. The van der Waals surface area contributed by atoms with Crippen LogP contribution in [0.15, 0.2) is 0 Å². The van der Waals surface area contributed by atoms with Gasteiger partial charge in [-0.1, -0.05) is 0 Å². The number of piperazine rings is 2. The van der Waals surface area contributed by atoms with Gasteiger partial charge in [-0.05, 0) is 20.9 Å². The van der Waals surface area contributed by atoms with Crippen LogP contribution in [0.5, 0.6) is 0 Å². The summed E-state index contributed by atoms with van der Waals surface area (Å²) in [6.07, 6.45) is -4.25. The molecule has 0 bridgehead atoms. The molecule has 0 aliphatic carbocycles. The highest BCUT2D eigenvalue weighted by atomic mass is 32.2. The van der Waals surface area contributed by atoms with Gasteiger partial charge in [0.2, 0.25) is 0 Å². The van der Waals surface area contributed by atoms with Gasteiger partial charge in [0.05, 0.1) is 6.54 Å². The molecule has 10 nitrogen and oxygen atoms in total. The molecule has 0 saturated carbocycles. The average molecular weight is 455 g/mol. The quantitative estimate of drug-likeness (QED) is 0.538. The molecule has 2 heterocycles. The van der Waals surface area contributed by atoms with Crippen LogP contribution in [0.2, 0.25) is 0 Å². The monoisotopic (exact) mass is 454 g/mol. The van der Waals surface area contributed by atoms with Crippen LogP contribution in [0, 0.1) is 0 Å². The minimum absolute atomic E-state index is 0.00884. The van der Waals surface area contributed by atoms with E-state index in [4.69, 9.17) is 10.3 Å². The molecule has 2 aliphatic rings. The summed E-state index contributed by atoms with van der Waals surface area (Å²) < 4.78 is 82.0. The van der Waals surface area contributed by atoms with Crippen LogP contribution in [-0.2, 0) is 20.4 Å². The van der Waals surface area contributed by atoms with Gasteiger partial charge in [-0.2, -0.15) is 38.6 Å². The number of hydrogen-bond donors (Lipinski definition) is 2. The van der Waals surface area contributed by atoms with Gasteiger partial charge in [0, 0.05) is 51.4 Å². The second kappa shape index (κ2) is 9.51. The fourth-order valence-electron chi connectivity index (χ4n) is 2.96. The molecule has 0 aromatic rings. The molecular formula is C13H29F3N6O4S2. The minimum atomic E-state index is -4.25. The maximum Gasteiger partial charge on any atom is 0.401 e. The largest absolute Gasteiger partial charge is 0.401 e. The summed E-state index contributed by atoms with van der Waals surface area (Å²) in [5.41, 5.74) is 0. The Morgan fingerprint density at radius 3 is 1.57 bits per heavy atom. The third kappa shape index (κ3) is 8.44. The second-order valence-electron chi connectivity index (χ2n) is 7.06. The summed E-state index contributed by atoms with van der Waals surface area (Å²) in [7, 11) is -5.28. The molecule has 2 unspecified atom stereocenters. The number of hydrogen-bond acceptors (Lipinski definition) is 6. The zero-order valence-electron chi connectivity index (χ0n) is 16.1. The number of likely N-dealkylation sites (N-methyl/N-ethyl adjacent to an activating group) is 1. The van der Waals surface area contributed by atoms with Crippen molar-refractivity contribution in [3.05, 3.63) is 0 Å². The van der Waals surface area contributed by atoms with Gasteiger partial charge < -0.3 is 0 Å². The Balaban J connectivity index is 0.000000283. The van der Waals surface area contributed by atoms with E-state index in [1.54, 1.807) is 0 Å². The molecule has 2 aliphatic heterocycles. The van der Waals surface area contributed by atoms with E-state index in [1.807, 2.05) is 20.9 Å². The first-order chi connectivity index (χ1) is 12.5. The Bertz CT molecular complexity index is 698. The van der Waals surface area contributed by atoms with Crippen LogP contribution in [0.3, 0.4) is 0 Å². The lowest BCUT2D eigenvalue weighted by atomic mass is 10.1. The lowest BCUT2D eigenvalue weighted by Crippen LogP contribution is -2.57. The molecule has 0 aromatic heterocycles. The Kier molecular flexibility index (Phi) is 8.65. The van der Waals surface area contributed by atoms with Crippen molar-refractivity contribution in [1.82, 2.24) is 18.4 Å². The van der Waals surface area contributed by atoms with Crippen molar-refractivity contribution in [3.8, 4) is 0 Å². The molecule has 0 radical (unpaired) electrons. The van der Waals surface area contributed by atoms with Gasteiger partial charge in [0.1, 0.15) is 0 Å². The fraction of sp³-hybridized carbons (Fsp3) is 1.00. The van der Waals surface area contributed by atoms with Crippen molar-refractivity contribution in [2.24, 2.45) is 10.3 Å². The second-order valence-corrected chi connectivity index (χ2v) is 10.2. The molecule has 2 saturated heterocycles. The molecular weight excluding hydrogens is 425 g/mol. The van der Waals surface area contributed by atoms with E-state index in [-0.39, 0.29) is 38.3 Å². The van der Waals surface area contributed by atoms with Crippen molar-refractivity contribution in [1.29, 1.82) is 0 Å². The van der Waals surface area contributed by atoms with E-state index >= 15 is 0 Å². The van der Waals surface area contributed by atoms with Gasteiger partial charge in [-0.25, -0.2) is 10.3 Å². The summed E-state index contributed by atoms with van der Waals surface area (Å²) in [6.45, 7) is 4.07. The van der Waals surface area contributed by atoms with E-state index < -0.39 is 33.1 Å². The molecule has 168 valence electrons. The first-order valence-electron chi connectivity index (χ1n) is 8.57. The molecule has 0 amide bonds. The highest BCUT2D eigenvalue weighted by Gasteiger charge is 2.33. The zero-order chi connectivity index (χ0) is 21.9. The molecule has 2 atom stereocenters. The summed E-state index contributed by atoms with van der Waals surface area (Å²) in [6, 6.07) is 0.448. The van der Waals surface area contributed by atoms with Crippen molar-refractivity contribution < 1.29 is 30.0 Å². The number of halogens is 3. The standard InChI is InChI=1S/C7H17N3O2S.C6H12F3N3O2S/c1-6-4-10(13(8,11)12)5-7(2)9(6)3;7-6(8,9)5-11-1-3-12(4-2-11)15(10,13)14/h6-7H,4-5H2,1-3H3,(H2,8,11,12);1-5H2,(H2,10,13,14). The number of nitrogens with two attached hydrogens (primary N) is 2. The molecule has 0 aromatic carbocycles. The summed E-state index contributed by atoms with van der Waals surface area (Å²) in [4.78, 5) is 3.31. The number of alkyl halides is 3. The van der Waals surface area contributed by atoms with Gasteiger partial charge in [-0.3, -0.25) is 9.80 Å². The Morgan fingerprint density at radius 1 is 0.857 bits per heavy atom. The van der Waals surface area contributed by atoms with Gasteiger partial charge in [-0.15, -0.1) is 0 Å². The van der Waals surface area contributed by atoms with Crippen LogP contribution in [-0.4, -0.2) is 106 Å². The van der Waals surface area contributed by atoms with E-state index in [2.05, 4.69) is 4.90 Å². The lowest BCUT2D eigenvalue weighted by Gasteiger charge is -2.40. The first kappa shape index (κ1) is 25.5. The van der Waals surface area contributed by atoms with E-state index in [0.717, 1.165) is 9.21 Å². The highest BCUT2D eigenvalue weighted by molar-refractivity contribution is 7.87. The molecule has 0 spiro atoms. The molecule has 4 N–H and O–H groups in total. The number of rotatable bonds is 3. The maximum absolute atomic E-state index is 12.0. The van der Waals surface area contributed by atoms with Crippen LogP contribution >= 0.6 is 0 Å². The summed E-state index contributed by atoms with van der Waals surface area (Å²) in [5.74, 6) is 0. The Morgan fingerprint density at radius 2 is 1.25 bits per heavy atom. The van der Waals surface area contributed by atoms with Crippen molar-refractivity contribution in [2.45, 2.75) is 32.1 Å². The van der Waals surface area contributed by atoms with Crippen LogP contribution < -0.4 is 10.3 Å². The van der Waals surface area contributed by atoms with Gasteiger partial charge in [0.15, 0.2) is 0 Å². The van der Waals surface area contributed by atoms with Crippen molar-refractivity contribution >= 4 is 20.4 Å². The highest BCUT2D eigenvalue weighted by Crippen LogP contribution is 2.17. The summed E-state index contributed by atoms with van der Waals surface area (Å²) in [5, 5.41) is 9.90. The SMILES string of the molecule is CC1CN(S(N)(=O)=O)CC(C)N1C.NS(=O)(=O)N1CCN(CC(F)(F)F)CC1. The Hall–Kier alpha value is -0.550. The third-order valence-electron chi connectivity index (χ3n) is 4.78. The van der Waals surface area contributed by atoms with Crippen LogP contribution in [0.4, 0.5) is 13.2 Å². The predicted octanol–water partition coefficient (Wildman–Crippen LogP) is -1.42. The van der Waals surface area contributed by atoms with Crippen LogP contribution in [0.1, 0.15) is 13.8 Å². The van der Waals surface area contributed by atoms with Crippen molar-refractivity contribution in [3.63, 3.8) is 0 Å². The van der Waals surface area contributed by atoms with E-state index in [1.165, 1.54) is 4.31 Å². The van der Waals surface area contributed by atoms with Gasteiger partial charge >= 0.3 is 6.18 Å². The normalized spacial score (nSPS) is 27.3. The smallest absolute Gasteiger partial charge is 0.298 e. The predicted molar refractivity (Wildman–Crippen MR) is 98.5 cm³/mol. The minimum Gasteiger partial charge on any atom is -0.298 e. The van der Waals surface area contributed by atoms with E-state index in [9.17, 15) is 30.0 Å². The van der Waals surface area contributed by atoms with Crippen LogP contribution in [0.25, 0.3) is 0 Å². The molecule has 2 fully saturated rings. The van der Waals surface area contributed by atoms with Gasteiger partial charge in [0.25, 0.3) is 20.4 Å².